The number of halogens is 1. The van der Waals surface area contributed by atoms with Crippen molar-refractivity contribution >= 4 is 22.6 Å². The first-order chi connectivity index (χ1) is 9.24. The fourth-order valence-electron chi connectivity index (χ4n) is 1.86. The topological polar surface area (TPSA) is 38.9 Å². The number of aromatic nitrogens is 2. The summed E-state index contributed by atoms with van der Waals surface area (Å²) in [4.78, 5) is 0. The number of nitrogens with zero attached hydrogens (tertiary/aromatic N) is 2. The van der Waals surface area contributed by atoms with Crippen LogP contribution in [0.15, 0.2) is 52.9 Å². The van der Waals surface area contributed by atoms with Crippen molar-refractivity contribution in [3.05, 3.63) is 57.7 Å². The van der Waals surface area contributed by atoms with Gasteiger partial charge < -0.3 is 4.42 Å². The molecule has 19 heavy (non-hydrogen) atoms. The van der Waals surface area contributed by atoms with E-state index in [2.05, 4.69) is 32.8 Å². The molecule has 1 heterocycles. The predicted octanol–water partition coefficient (Wildman–Crippen LogP) is 4.32. The first-order valence-corrected chi connectivity index (χ1v) is 6.97. The van der Waals surface area contributed by atoms with Crippen LogP contribution in [0, 0.1) is 10.5 Å². The zero-order valence-electron chi connectivity index (χ0n) is 10.3. The van der Waals surface area contributed by atoms with E-state index in [1.54, 1.807) is 0 Å². The van der Waals surface area contributed by atoms with Crippen LogP contribution >= 0.6 is 22.6 Å². The van der Waals surface area contributed by atoms with Gasteiger partial charge in [0.15, 0.2) is 0 Å². The maximum atomic E-state index is 5.76. The quantitative estimate of drug-likeness (QED) is 0.638. The first kappa shape index (κ1) is 12.3. The molecule has 94 valence electrons. The molecule has 0 N–H and O–H groups in total. The van der Waals surface area contributed by atoms with E-state index in [0.29, 0.717) is 11.8 Å². The van der Waals surface area contributed by atoms with Gasteiger partial charge in [-0.2, -0.15) is 0 Å². The van der Waals surface area contributed by atoms with E-state index < -0.39 is 0 Å². The smallest absolute Gasteiger partial charge is 0.249 e. The van der Waals surface area contributed by atoms with E-state index in [1.165, 1.54) is 5.56 Å². The lowest BCUT2D eigenvalue weighted by Gasteiger charge is -1.98. The maximum absolute atomic E-state index is 5.76. The minimum atomic E-state index is 0.554. The lowest BCUT2D eigenvalue weighted by molar-refractivity contribution is 0.584. The Labute approximate surface area is 124 Å². The number of hydrogen-bond donors (Lipinski definition) is 0. The van der Waals surface area contributed by atoms with Crippen molar-refractivity contribution in [3.63, 3.8) is 0 Å². The SMILES string of the molecule is Cc1cccc(-c2nnc(-c3ccccc3I)o2)c1. The third-order valence-electron chi connectivity index (χ3n) is 2.79. The van der Waals surface area contributed by atoms with Crippen LogP contribution in [0.2, 0.25) is 0 Å². The molecule has 0 unspecified atom stereocenters. The molecule has 3 aromatic rings. The van der Waals surface area contributed by atoms with Gasteiger partial charge in [-0.15, -0.1) is 10.2 Å². The Kier molecular flexibility index (Phi) is 3.33. The van der Waals surface area contributed by atoms with Crippen molar-refractivity contribution in [2.24, 2.45) is 0 Å². The third-order valence-corrected chi connectivity index (χ3v) is 3.73. The minimum Gasteiger partial charge on any atom is -0.416 e. The van der Waals surface area contributed by atoms with E-state index in [1.807, 2.05) is 55.5 Å². The molecule has 4 heteroatoms. The summed E-state index contributed by atoms with van der Waals surface area (Å²) in [6.07, 6.45) is 0. The van der Waals surface area contributed by atoms with Crippen molar-refractivity contribution in [2.45, 2.75) is 6.92 Å². The first-order valence-electron chi connectivity index (χ1n) is 5.89. The van der Waals surface area contributed by atoms with E-state index in [9.17, 15) is 0 Å². The van der Waals surface area contributed by atoms with Crippen LogP contribution in [0.5, 0.6) is 0 Å². The molecule has 1 aromatic heterocycles. The van der Waals surface area contributed by atoms with Crippen LogP contribution in [-0.4, -0.2) is 10.2 Å². The minimum absolute atomic E-state index is 0.554. The van der Waals surface area contributed by atoms with Gasteiger partial charge in [0.05, 0.1) is 5.56 Å². The number of benzene rings is 2. The Balaban J connectivity index is 2.03. The molecule has 0 saturated carbocycles. The molecular weight excluding hydrogens is 351 g/mol. The summed E-state index contributed by atoms with van der Waals surface area (Å²) >= 11 is 2.27. The van der Waals surface area contributed by atoms with Crippen LogP contribution in [0.3, 0.4) is 0 Å². The summed E-state index contributed by atoms with van der Waals surface area (Å²) < 4.78 is 6.86. The molecule has 0 aliphatic carbocycles. The number of aryl methyl sites for hydroxylation is 1. The van der Waals surface area contributed by atoms with Crippen LogP contribution in [0.4, 0.5) is 0 Å². The molecule has 2 aromatic carbocycles. The molecule has 0 aliphatic rings. The summed E-state index contributed by atoms with van der Waals surface area (Å²) in [7, 11) is 0. The molecule has 0 amide bonds. The van der Waals surface area contributed by atoms with Crippen molar-refractivity contribution in [2.75, 3.05) is 0 Å². The van der Waals surface area contributed by atoms with Gasteiger partial charge in [-0.3, -0.25) is 0 Å². The molecule has 0 saturated heterocycles. The molecule has 0 fully saturated rings. The molecule has 0 radical (unpaired) electrons. The average molecular weight is 362 g/mol. The van der Waals surface area contributed by atoms with E-state index in [-0.39, 0.29) is 0 Å². The predicted molar refractivity (Wildman–Crippen MR) is 82.6 cm³/mol. The van der Waals surface area contributed by atoms with Crippen molar-refractivity contribution < 1.29 is 4.42 Å². The highest BCUT2D eigenvalue weighted by Crippen LogP contribution is 2.27. The molecule has 3 rings (SSSR count). The summed E-state index contributed by atoms with van der Waals surface area (Å²) in [6, 6.07) is 16.0. The Bertz CT molecular complexity index is 721. The molecule has 0 atom stereocenters. The summed E-state index contributed by atoms with van der Waals surface area (Å²) in [5, 5.41) is 8.26. The maximum Gasteiger partial charge on any atom is 0.249 e. The lowest BCUT2D eigenvalue weighted by Crippen LogP contribution is -1.81. The largest absolute Gasteiger partial charge is 0.416 e. The summed E-state index contributed by atoms with van der Waals surface area (Å²) in [6.45, 7) is 2.04. The van der Waals surface area contributed by atoms with Gasteiger partial charge >= 0.3 is 0 Å². The van der Waals surface area contributed by atoms with Crippen molar-refractivity contribution in [3.8, 4) is 22.9 Å². The average Bonchev–Trinajstić information content (AvgIpc) is 2.89. The molecule has 0 aliphatic heterocycles. The molecule has 0 spiro atoms. The Morgan fingerprint density at radius 1 is 0.947 bits per heavy atom. The van der Waals surface area contributed by atoms with Gasteiger partial charge in [-0.05, 0) is 53.8 Å². The monoisotopic (exact) mass is 362 g/mol. The zero-order valence-corrected chi connectivity index (χ0v) is 12.5. The third kappa shape index (κ3) is 2.53. The number of rotatable bonds is 2. The van der Waals surface area contributed by atoms with Crippen LogP contribution in [-0.2, 0) is 0 Å². The second-order valence-electron chi connectivity index (χ2n) is 4.26. The molecular formula is C15H11IN2O. The standard InChI is InChI=1S/C15H11IN2O/c1-10-5-4-6-11(9-10)14-17-18-15(19-14)12-7-2-3-8-13(12)16/h2-9H,1H3. The highest BCUT2D eigenvalue weighted by Gasteiger charge is 2.12. The highest BCUT2D eigenvalue weighted by atomic mass is 127. The van der Waals surface area contributed by atoms with Crippen LogP contribution in [0.25, 0.3) is 22.9 Å². The normalized spacial score (nSPS) is 10.6. The van der Waals surface area contributed by atoms with E-state index in [4.69, 9.17) is 4.42 Å². The van der Waals surface area contributed by atoms with Crippen molar-refractivity contribution in [1.82, 2.24) is 10.2 Å². The van der Waals surface area contributed by atoms with Gasteiger partial charge in [0, 0.05) is 9.13 Å². The fourth-order valence-corrected chi connectivity index (χ4v) is 2.48. The van der Waals surface area contributed by atoms with Gasteiger partial charge in [0.2, 0.25) is 11.8 Å². The molecule has 3 nitrogen and oxygen atoms in total. The highest BCUT2D eigenvalue weighted by molar-refractivity contribution is 14.1. The van der Waals surface area contributed by atoms with Crippen LogP contribution in [0.1, 0.15) is 5.56 Å². The zero-order chi connectivity index (χ0) is 13.2. The number of hydrogen-bond acceptors (Lipinski definition) is 3. The fraction of sp³-hybridized carbons (Fsp3) is 0.0667. The van der Waals surface area contributed by atoms with Gasteiger partial charge in [0.1, 0.15) is 0 Å². The Hall–Kier alpha value is -1.69. The second-order valence-corrected chi connectivity index (χ2v) is 5.42. The van der Waals surface area contributed by atoms with Crippen molar-refractivity contribution in [1.29, 1.82) is 0 Å². The summed E-state index contributed by atoms with van der Waals surface area (Å²) in [5.41, 5.74) is 3.09. The van der Waals surface area contributed by atoms with Gasteiger partial charge in [-0.25, -0.2) is 0 Å². The lowest BCUT2D eigenvalue weighted by atomic mass is 10.1. The van der Waals surface area contributed by atoms with E-state index >= 15 is 0 Å². The van der Waals surface area contributed by atoms with Gasteiger partial charge in [0.25, 0.3) is 0 Å². The van der Waals surface area contributed by atoms with E-state index in [0.717, 1.165) is 14.7 Å². The Morgan fingerprint density at radius 2 is 1.74 bits per heavy atom. The van der Waals surface area contributed by atoms with Gasteiger partial charge in [-0.1, -0.05) is 29.8 Å². The molecule has 0 bridgehead atoms. The van der Waals surface area contributed by atoms with Crippen LogP contribution < -0.4 is 0 Å². The second kappa shape index (κ2) is 5.13. The summed E-state index contributed by atoms with van der Waals surface area (Å²) in [5.74, 6) is 1.11. The Morgan fingerprint density at radius 3 is 2.53 bits per heavy atom.